The molecule has 3 saturated heterocycles. The van der Waals surface area contributed by atoms with E-state index < -0.39 is 22.6 Å². The molecule has 0 aliphatic carbocycles. The summed E-state index contributed by atoms with van der Waals surface area (Å²) in [6.07, 6.45) is 2.89. The summed E-state index contributed by atoms with van der Waals surface area (Å²) in [5.74, 6) is -1.36. The Balaban J connectivity index is 1.42. The van der Waals surface area contributed by atoms with E-state index in [1.807, 2.05) is 30.3 Å². The fourth-order valence-corrected chi connectivity index (χ4v) is 9.13. The van der Waals surface area contributed by atoms with Crippen LogP contribution in [0.3, 0.4) is 0 Å². The van der Waals surface area contributed by atoms with Gasteiger partial charge in [-0.2, -0.15) is 0 Å². The van der Waals surface area contributed by atoms with Gasteiger partial charge in [0.25, 0.3) is 0 Å². The van der Waals surface area contributed by atoms with Gasteiger partial charge in [0.1, 0.15) is 6.04 Å². The van der Waals surface area contributed by atoms with Gasteiger partial charge in [-0.1, -0.05) is 48.9 Å². The Labute approximate surface area is 232 Å². The number of fused-ring (bicyclic) bond motifs is 1. The van der Waals surface area contributed by atoms with E-state index in [1.165, 1.54) is 0 Å². The number of carbonyl (C=O) groups is 3. The number of benzene rings is 2. The Morgan fingerprint density at radius 1 is 1.08 bits per heavy atom. The number of nitrogens with zero attached hydrogens (tertiary/aromatic N) is 1. The Hall–Kier alpha value is -2.55. The van der Waals surface area contributed by atoms with E-state index in [0.29, 0.717) is 36.6 Å². The highest BCUT2D eigenvalue weighted by Gasteiger charge is 2.75. The quantitative estimate of drug-likeness (QED) is 0.383. The molecule has 0 aromatic heterocycles. The summed E-state index contributed by atoms with van der Waals surface area (Å²) in [6, 6.07) is 16.0. The molecular weight excluding hydrogens is 522 g/mol. The number of hydrogen-bond acceptors (Lipinski definition) is 5. The number of carbonyl (C=O) groups excluding carboxylic acids is 3. The summed E-state index contributed by atoms with van der Waals surface area (Å²) in [7, 11) is 0. The van der Waals surface area contributed by atoms with Crippen LogP contribution in [0, 0.1) is 17.8 Å². The number of aliphatic hydroxyl groups is 1. The van der Waals surface area contributed by atoms with E-state index in [0.717, 1.165) is 18.4 Å². The summed E-state index contributed by atoms with van der Waals surface area (Å²) in [5.41, 5.74) is 1.62. The van der Waals surface area contributed by atoms with Crippen molar-refractivity contribution in [3.63, 3.8) is 0 Å². The van der Waals surface area contributed by atoms with Crippen molar-refractivity contribution >= 4 is 46.8 Å². The molecule has 1 spiro atoms. The van der Waals surface area contributed by atoms with E-state index in [9.17, 15) is 19.5 Å². The minimum atomic E-state index is -0.679. The molecule has 2 bridgehead atoms. The van der Waals surface area contributed by atoms with Crippen LogP contribution in [0.4, 0.5) is 5.69 Å². The first-order chi connectivity index (χ1) is 18.4. The summed E-state index contributed by atoms with van der Waals surface area (Å²) in [6.45, 7) is 3.04. The van der Waals surface area contributed by atoms with Crippen LogP contribution in [0.25, 0.3) is 0 Å². The molecule has 2 aromatic rings. The number of aliphatic hydroxyl groups excluding tert-OH is 1. The minimum absolute atomic E-state index is 0.00269. The number of thioether (sulfide) groups is 1. The molecule has 5 rings (SSSR count). The van der Waals surface area contributed by atoms with E-state index in [4.69, 9.17) is 11.6 Å². The van der Waals surface area contributed by atoms with Crippen molar-refractivity contribution in [1.82, 2.24) is 10.2 Å². The summed E-state index contributed by atoms with van der Waals surface area (Å²) < 4.78 is -0.663. The average molecular weight is 556 g/mol. The number of anilines is 1. The third-order valence-electron chi connectivity index (χ3n) is 8.28. The molecule has 6 atom stereocenters. The van der Waals surface area contributed by atoms with Crippen LogP contribution >= 0.6 is 23.4 Å². The molecule has 202 valence electrons. The lowest BCUT2D eigenvalue weighted by Crippen LogP contribution is -2.55. The van der Waals surface area contributed by atoms with Gasteiger partial charge in [0.05, 0.1) is 16.6 Å². The zero-order valence-corrected chi connectivity index (χ0v) is 23.0. The highest BCUT2D eigenvalue weighted by molar-refractivity contribution is 8.02. The van der Waals surface area contributed by atoms with Crippen LogP contribution in [0.1, 0.15) is 38.2 Å². The van der Waals surface area contributed by atoms with E-state index in [1.54, 1.807) is 40.9 Å². The Morgan fingerprint density at radius 2 is 1.82 bits per heavy atom. The zero-order chi connectivity index (χ0) is 26.9. The SMILES string of the molecule is CC1C[C@H]2SC13C(C(=O)Nc1ccc(Cl)cc1)N(CCCCCO)C(=O)[C@@H]3[C@H]2C(=O)NCc1ccccc1. The second-order valence-electron chi connectivity index (χ2n) is 10.6. The largest absolute Gasteiger partial charge is 0.396 e. The second-order valence-corrected chi connectivity index (χ2v) is 12.6. The second kappa shape index (κ2) is 11.3. The number of nitrogens with one attached hydrogen (secondary N) is 2. The molecule has 3 fully saturated rings. The van der Waals surface area contributed by atoms with Crippen LogP contribution < -0.4 is 10.6 Å². The van der Waals surface area contributed by atoms with Crippen LogP contribution in [0.15, 0.2) is 54.6 Å². The number of hydrogen-bond donors (Lipinski definition) is 3. The molecule has 0 radical (unpaired) electrons. The molecule has 3 aliphatic rings. The van der Waals surface area contributed by atoms with Gasteiger partial charge in [-0.3, -0.25) is 14.4 Å². The van der Waals surface area contributed by atoms with E-state index in [2.05, 4.69) is 17.6 Å². The van der Waals surface area contributed by atoms with Crippen molar-refractivity contribution in [2.24, 2.45) is 17.8 Å². The van der Waals surface area contributed by atoms with Crippen molar-refractivity contribution in [1.29, 1.82) is 0 Å². The maximum absolute atomic E-state index is 14.1. The fraction of sp³-hybridized carbons (Fsp3) is 0.483. The molecule has 38 heavy (non-hydrogen) atoms. The predicted molar refractivity (Wildman–Crippen MR) is 150 cm³/mol. The van der Waals surface area contributed by atoms with Gasteiger partial charge in [0.2, 0.25) is 17.7 Å². The first-order valence-electron chi connectivity index (χ1n) is 13.3. The van der Waals surface area contributed by atoms with Gasteiger partial charge in [-0.25, -0.2) is 0 Å². The smallest absolute Gasteiger partial charge is 0.248 e. The molecule has 7 nitrogen and oxygen atoms in total. The highest BCUT2D eigenvalue weighted by atomic mass is 35.5. The van der Waals surface area contributed by atoms with Crippen LogP contribution in [0.5, 0.6) is 0 Å². The van der Waals surface area contributed by atoms with Gasteiger partial charge < -0.3 is 20.6 Å². The number of halogens is 1. The number of likely N-dealkylation sites (tertiary alicyclic amines) is 1. The first-order valence-corrected chi connectivity index (χ1v) is 14.6. The van der Waals surface area contributed by atoms with Crippen LogP contribution in [-0.4, -0.2) is 56.9 Å². The zero-order valence-electron chi connectivity index (χ0n) is 21.4. The molecule has 3 unspecified atom stereocenters. The lowest BCUT2D eigenvalue weighted by molar-refractivity contribution is -0.139. The van der Waals surface area contributed by atoms with Gasteiger partial charge >= 0.3 is 0 Å². The van der Waals surface area contributed by atoms with Crippen molar-refractivity contribution in [3.05, 3.63) is 65.2 Å². The van der Waals surface area contributed by atoms with Gasteiger partial charge in [0, 0.05) is 35.7 Å². The van der Waals surface area contributed by atoms with E-state index >= 15 is 0 Å². The van der Waals surface area contributed by atoms with Crippen LogP contribution in [0.2, 0.25) is 5.02 Å². The summed E-state index contributed by atoms with van der Waals surface area (Å²) in [4.78, 5) is 43.3. The van der Waals surface area contributed by atoms with Crippen LogP contribution in [-0.2, 0) is 20.9 Å². The standard InChI is InChI=1S/C29H34ClN3O4S/c1-18-16-22-23(26(35)31-17-19-8-4-2-5-9-19)24-28(37)33(14-6-3-7-15-34)25(29(18,24)38-22)27(36)32-21-12-10-20(30)11-13-21/h2,4-5,8-13,18,22-25,34H,3,6-7,14-17H2,1H3,(H,31,35)(H,32,36)/t18?,22-,23+,24+,25?,29?/m1/s1. The van der Waals surface area contributed by atoms with Crippen molar-refractivity contribution in [2.75, 3.05) is 18.5 Å². The van der Waals surface area contributed by atoms with Gasteiger partial charge in [-0.05, 0) is 61.4 Å². The molecule has 9 heteroatoms. The fourth-order valence-electron chi connectivity index (χ4n) is 6.58. The predicted octanol–water partition coefficient (Wildman–Crippen LogP) is 4.09. The number of unbranched alkanes of at least 4 members (excludes halogenated alkanes) is 2. The first kappa shape index (κ1) is 27.0. The molecule has 2 aromatic carbocycles. The van der Waals surface area contributed by atoms with Crippen molar-refractivity contribution in [3.8, 4) is 0 Å². The van der Waals surface area contributed by atoms with E-state index in [-0.39, 0.29) is 35.5 Å². The molecule has 0 saturated carbocycles. The van der Waals surface area contributed by atoms with Crippen molar-refractivity contribution < 1.29 is 19.5 Å². The monoisotopic (exact) mass is 555 g/mol. The lowest BCUT2D eigenvalue weighted by atomic mass is 9.66. The average Bonchev–Trinajstić information content (AvgIpc) is 3.51. The summed E-state index contributed by atoms with van der Waals surface area (Å²) >= 11 is 7.70. The normalized spacial score (nSPS) is 29.4. The minimum Gasteiger partial charge on any atom is -0.396 e. The third-order valence-corrected chi connectivity index (χ3v) is 10.6. The Bertz CT molecular complexity index is 1180. The van der Waals surface area contributed by atoms with Gasteiger partial charge in [0.15, 0.2) is 0 Å². The maximum Gasteiger partial charge on any atom is 0.248 e. The van der Waals surface area contributed by atoms with Crippen molar-refractivity contribution in [2.45, 2.75) is 55.2 Å². The maximum atomic E-state index is 14.1. The topological polar surface area (TPSA) is 98.7 Å². The number of rotatable bonds is 10. The lowest BCUT2D eigenvalue weighted by Gasteiger charge is -2.38. The third kappa shape index (κ3) is 4.82. The van der Waals surface area contributed by atoms with Gasteiger partial charge in [-0.15, -0.1) is 11.8 Å². The Morgan fingerprint density at radius 3 is 2.53 bits per heavy atom. The number of amides is 3. The summed E-state index contributed by atoms with van der Waals surface area (Å²) in [5, 5.41) is 15.9. The molecule has 3 heterocycles. The highest BCUT2D eigenvalue weighted by Crippen LogP contribution is 2.68. The molecule has 3 N–H and O–H groups in total. The molecular formula is C29H34ClN3O4S. The molecule has 3 aliphatic heterocycles. The Kier molecular flexibility index (Phi) is 8.03. The molecule has 3 amide bonds.